The molecule has 4 aromatic rings. The predicted octanol–water partition coefficient (Wildman–Crippen LogP) is 5.33. The number of imidazole rings is 1. The van der Waals surface area contributed by atoms with Gasteiger partial charge in [-0.2, -0.15) is 4.98 Å². The van der Waals surface area contributed by atoms with E-state index in [1.54, 1.807) is 12.4 Å². The van der Waals surface area contributed by atoms with Crippen LogP contribution in [0.4, 0.5) is 19.0 Å². The van der Waals surface area contributed by atoms with E-state index in [0.29, 0.717) is 31.0 Å². The topological polar surface area (TPSA) is 76.6 Å². The molecule has 0 radical (unpaired) electrons. The van der Waals surface area contributed by atoms with Crippen LogP contribution in [-0.2, 0) is 11.3 Å². The van der Waals surface area contributed by atoms with Crippen LogP contribution in [0.5, 0.6) is 0 Å². The average Bonchev–Trinajstić information content (AvgIpc) is 3.67. The second-order valence-electron chi connectivity index (χ2n) is 11.8. The molecule has 2 fully saturated rings. The number of halogens is 3. The molecule has 9 nitrogen and oxygen atoms in total. The molecule has 41 heavy (non-hydrogen) atoms. The zero-order valence-corrected chi connectivity index (χ0v) is 24.1. The number of ether oxygens (including phenoxy) is 1. The fraction of sp³-hybridized carbons (Fsp3) is 0.586. The van der Waals surface area contributed by atoms with E-state index in [2.05, 4.69) is 52.3 Å². The monoisotopic (exact) mass is 570 g/mol. The lowest BCUT2D eigenvalue weighted by Crippen LogP contribution is -2.58. The first kappa shape index (κ1) is 27.9. The first-order valence-electron chi connectivity index (χ1n) is 14.4. The van der Waals surface area contributed by atoms with Crippen molar-refractivity contribution in [2.24, 2.45) is 5.92 Å². The van der Waals surface area contributed by atoms with Crippen LogP contribution in [-0.4, -0.2) is 71.9 Å². The number of piperazine rings is 1. The lowest BCUT2D eigenvalue weighted by molar-refractivity contribution is 0.0816. The maximum absolute atomic E-state index is 14.1. The maximum Gasteiger partial charge on any atom is 0.266 e. The number of aromatic nitrogens is 6. The third-order valence-electron chi connectivity index (χ3n) is 8.61. The van der Waals surface area contributed by atoms with Gasteiger partial charge in [-0.3, -0.25) is 4.90 Å². The first-order chi connectivity index (χ1) is 19.6. The summed E-state index contributed by atoms with van der Waals surface area (Å²) < 4.78 is 51.3. The van der Waals surface area contributed by atoms with Gasteiger partial charge in [-0.25, -0.2) is 22.6 Å². The number of nitrogens with zero attached hydrogens (tertiary/aromatic N) is 8. The molecule has 1 aromatic carbocycles. The van der Waals surface area contributed by atoms with Gasteiger partial charge in [0.25, 0.3) is 12.2 Å². The Balaban J connectivity index is 1.36. The van der Waals surface area contributed by atoms with Crippen molar-refractivity contribution in [1.29, 1.82) is 0 Å². The Morgan fingerprint density at radius 2 is 1.90 bits per heavy atom. The molecule has 0 N–H and O–H groups in total. The summed E-state index contributed by atoms with van der Waals surface area (Å²) in [4.78, 5) is 14.5. The second-order valence-corrected chi connectivity index (χ2v) is 11.8. The number of alkyl halides is 2. The van der Waals surface area contributed by atoms with Gasteiger partial charge in [0.05, 0.1) is 18.2 Å². The molecule has 2 aliphatic heterocycles. The van der Waals surface area contributed by atoms with E-state index in [9.17, 15) is 13.2 Å². The third kappa shape index (κ3) is 4.94. The van der Waals surface area contributed by atoms with Gasteiger partial charge in [-0.05, 0) is 57.2 Å². The summed E-state index contributed by atoms with van der Waals surface area (Å²) >= 11 is 0. The highest BCUT2D eigenvalue weighted by atomic mass is 19.3. The summed E-state index contributed by atoms with van der Waals surface area (Å²) in [6, 6.07) is 4.09. The summed E-state index contributed by atoms with van der Waals surface area (Å²) in [6.45, 7) is 13.2. The molecule has 0 amide bonds. The summed E-state index contributed by atoms with van der Waals surface area (Å²) in [5.41, 5.74) is 1.85. The summed E-state index contributed by atoms with van der Waals surface area (Å²) in [6.07, 6.45) is 1.03. The molecular formula is C29H37F3N8O. The lowest BCUT2D eigenvalue weighted by Gasteiger charge is -2.49. The number of hydrogen-bond acceptors (Lipinski definition) is 7. The minimum Gasteiger partial charge on any atom is -0.376 e. The Kier molecular flexibility index (Phi) is 7.39. The molecule has 4 atom stereocenters. The Morgan fingerprint density at radius 1 is 1.10 bits per heavy atom. The zero-order valence-electron chi connectivity index (χ0n) is 24.1. The van der Waals surface area contributed by atoms with Crippen molar-refractivity contribution in [2.75, 3.05) is 24.6 Å². The molecular weight excluding hydrogens is 533 g/mol. The molecule has 0 spiro atoms. The maximum atomic E-state index is 14.1. The molecule has 2 unspecified atom stereocenters. The molecule has 220 valence electrons. The average molecular weight is 571 g/mol. The van der Waals surface area contributed by atoms with Gasteiger partial charge in [-0.15, -0.1) is 10.2 Å². The Bertz CT molecular complexity index is 1550. The number of anilines is 1. The lowest BCUT2D eigenvalue weighted by atomic mass is 9.90. The fourth-order valence-corrected chi connectivity index (χ4v) is 6.67. The van der Waals surface area contributed by atoms with Crippen LogP contribution in [0.1, 0.15) is 70.0 Å². The van der Waals surface area contributed by atoms with Crippen LogP contribution in [0.3, 0.4) is 0 Å². The van der Waals surface area contributed by atoms with Gasteiger partial charge in [0.2, 0.25) is 0 Å². The van der Waals surface area contributed by atoms with E-state index >= 15 is 0 Å². The number of aryl methyl sites for hydroxylation is 1. The summed E-state index contributed by atoms with van der Waals surface area (Å²) in [5, 5.41) is 8.43. The van der Waals surface area contributed by atoms with Crippen molar-refractivity contribution in [3.63, 3.8) is 0 Å². The van der Waals surface area contributed by atoms with Crippen molar-refractivity contribution in [2.45, 2.75) is 84.7 Å². The van der Waals surface area contributed by atoms with Crippen molar-refractivity contribution in [1.82, 2.24) is 34.0 Å². The minimum absolute atomic E-state index is 0.0344. The van der Waals surface area contributed by atoms with Gasteiger partial charge in [0.15, 0.2) is 11.5 Å². The molecule has 0 aliphatic carbocycles. The normalized spacial score (nSPS) is 23.1. The minimum atomic E-state index is -2.86. The Morgan fingerprint density at radius 3 is 2.61 bits per heavy atom. The molecule has 0 saturated carbocycles. The molecule has 5 heterocycles. The largest absolute Gasteiger partial charge is 0.376 e. The van der Waals surface area contributed by atoms with Crippen LogP contribution in [0.15, 0.2) is 24.5 Å². The van der Waals surface area contributed by atoms with E-state index in [1.165, 1.54) is 12.1 Å². The number of rotatable bonds is 7. The molecule has 0 bridgehead atoms. The molecule has 2 saturated heterocycles. The van der Waals surface area contributed by atoms with Gasteiger partial charge >= 0.3 is 0 Å². The molecule has 6 rings (SSSR count). The van der Waals surface area contributed by atoms with Crippen LogP contribution < -0.4 is 4.90 Å². The highest BCUT2D eigenvalue weighted by Crippen LogP contribution is 2.37. The highest BCUT2D eigenvalue weighted by molar-refractivity contribution is 5.87. The van der Waals surface area contributed by atoms with E-state index in [4.69, 9.17) is 14.7 Å². The summed E-state index contributed by atoms with van der Waals surface area (Å²) in [5.74, 6) is 1.40. The van der Waals surface area contributed by atoms with Gasteiger partial charge in [0, 0.05) is 37.8 Å². The molecule has 12 heteroatoms. The first-order valence-corrected chi connectivity index (χ1v) is 14.4. The second kappa shape index (κ2) is 10.9. The van der Waals surface area contributed by atoms with E-state index in [-0.39, 0.29) is 30.1 Å². The van der Waals surface area contributed by atoms with Crippen LogP contribution in [0.2, 0.25) is 0 Å². The van der Waals surface area contributed by atoms with Crippen LogP contribution in [0.25, 0.3) is 16.9 Å². The van der Waals surface area contributed by atoms with Crippen molar-refractivity contribution < 1.29 is 17.9 Å². The predicted molar refractivity (Wildman–Crippen MR) is 150 cm³/mol. The van der Waals surface area contributed by atoms with Gasteiger partial charge in [0.1, 0.15) is 23.5 Å². The smallest absolute Gasteiger partial charge is 0.266 e. The van der Waals surface area contributed by atoms with Crippen LogP contribution >= 0.6 is 0 Å². The zero-order chi connectivity index (χ0) is 29.0. The molecule has 2 aliphatic rings. The van der Waals surface area contributed by atoms with E-state index in [1.807, 2.05) is 11.3 Å². The van der Waals surface area contributed by atoms with Crippen molar-refractivity contribution in [3.8, 4) is 0 Å². The number of fused-ring (bicyclic) bond motifs is 3. The summed E-state index contributed by atoms with van der Waals surface area (Å²) in [7, 11) is 0. The van der Waals surface area contributed by atoms with E-state index < -0.39 is 17.8 Å². The Hall–Kier alpha value is -3.25. The third-order valence-corrected chi connectivity index (χ3v) is 8.61. The standard InChI is InChI=1S/C29H37F3N8O/c1-16(2)25(20-8-9-23(30)22(11-20)26(31)32)37-12-18(4)38(13-17(37)3)27-24-28(40-15-33-36-29(40)35-27)39(19(5)34-24)14-21-7-6-10-41-21/h8-9,11,15-18,21,25-26H,6-7,10,12-14H2,1-5H3/t17-,18+,21?,25?/m1/s1. The highest BCUT2D eigenvalue weighted by Gasteiger charge is 2.38. The van der Waals surface area contributed by atoms with Crippen molar-refractivity contribution in [3.05, 3.63) is 47.3 Å². The molecule has 3 aromatic heterocycles. The van der Waals surface area contributed by atoms with Gasteiger partial charge < -0.3 is 14.2 Å². The fourth-order valence-electron chi connectivity index (χ4n) is 6.67. The number of benzene rings is 1. The quantitative estimate of drug-likeness (QED) is 0.297. The van der Waals surface area contributed by atoms with Crippen LogP contribution in [0, 0.1) is 18.7 Å². The number of hydrogen-bond donors (Lipinski definition) is 0. The van der Waals surface area contributed by atoms with E-state index in [0.717, 1.165) is 42.3 Å². The van der Waals surface area contributed by atoms with Crippen molar-refractivity contribution >= 4 is 22.8 Å². The van der Waals surface area contributed by atoms with Gasteiger partial charge in [-0.1, -0.05) is 19.9 Å². The SMILES string of the molecule is Cc1nc2c(N3C[C@@H](C)N(C(c4ccc(F)c(C(F)F)c4)C(C)C)C[C@@H]3C)nc3nncn3c2n1CC1CCCO1. The Labute approximate surface area is 237 Å².